The molecule has 1 aliphatic rings. The lowest BCUT2D eigenvalue weighted by Gasteiger charge is -2.26. The molecule has 0 bridgehead atoms. The Bertz CT molecular complexity index is 1030. The van der Waals surface area contributed by atoms with Crippen LogP contribution in [0.4, 0.5) is 5.69 Å². The zero-order chi connectivity index (χ0) is 21.9. The minimum atomic E-state index is -3.65. The van der Waals surface area contributed by atoms with Crippen molar-refractivity contribution in [2.24, 2.45) is 0 Å². The van der Waals surface area contributed by atoms with E-state index in [1.54, 1.807) is 6.07 Å². The second-order valence-corrected chi connectivity index (χ2v) is 9.91. The van der Waals surface area contributed by atoms with Crippen LogP contribution in [0.3, 0.4) is 0 Å². The Labute approximate surface area is 179 Å². The summed E-state index contributed by atoms with van der Waals surface area (Å²) in [4.78, 5) is 13.3. The number of nitrogens with zero attached hydrogens (tertiary/aromatic N) is 1. The summed E-state index contributed by atoms with van der Waals surface area (Å²) < 4.78 is 33.0. The van der Waals surface area contributed by atoms with Gasteiger partial charge in [0.25, 0.3) is 5.91 Å². The van der Waals surface area contributed by atoms with Crippen LogP contribution in [0.15, 0.2) is 41.3 Å². The van der Waals surface area contributed by atoms with Crippen LogP contribution < -0.4 is 10.1 Å². The fourth-order valence-electron chi connectivity index (χ4n) is 3.80. The second-order valence-electron chi connectivity index (χ2n) is 7.97. The molecule has 2 aromatic rings. The fraction of sp³-hybridized carbons (Fsp3) is 0.435. The van der Waals surface area contributed by atoms with E-state index in [0.29, 0.717) is 18.8 Å². The third-order valence-corrected chi connectivity index (χ3v) is 7.43. The summed E-state index contributed by atoms with van der Waals surface area (Å²) in [5.74, 6) is 0.177. The molecule has 1 saturated heterocycles. The molecule has 162 valence electrons. The highest BCUT2D eigenvalue weighted by Crippen LogP contribution is 2.30. The van der Waals surface area contributed by atoms with Crippen LogP contribution in [-0.2, 0) is 10.0 Å². The van der Waals surface area contributed by atoms with E-state index < -0.39 is 15.9 Å². The van der Waals surface area contributed by atoms with Gasteiger partial charge in [0.05, 0.1) is 17.6 Å². The highest BCUT2D eigenvalue weighted by Gasteiger charge is 2.28. The first-order valence-electron chi connectivity index (χ1n) is 10.3. The lowest BCUT2D eigenvalue weighted by molar-refractivity contribution is 0.102. The van der Waals surface area contributed by atoms with Gasteiger partial charge in [0, 0.05) is 18.8 Å². The number of ether oxygens (including phenoxy) is 1. The molecule has 1 fully saturated rings. The Kier molecular flexibility index (Phi) is 6.83. The number of carbonyl (C=O) groups excluding carboxylic acids is 1. The van der Waals surface area contributed by atoms with Crippen molar-refractivity contribution in [1.29, 1.82) is 0 Å². The van der Waals surface area contributed by atoms with Gasteiger partial charge >= 0.3 is 0 Å². The Hall–Kier alpha value is -2.38. The first-order chi connectivity index (χ1) is 14.3. The monoisotopic (exact) mass is 430 g/mol. The number of aryl methyl sites for hydroxylation is 1. The predicted molar refractivity (Wildman–Crippen MR) is 119 cm³/mol. The number of hydrogen-bond acceptors (Lipinski definition) is 4. The van der Waals surface area contributed by atoms with E-state index >= 15 is 0 Å². The first kappa shape index (κ1) is 22.3. The molecule has 7 heteroatoms. The Morgan fingerprint density at radius 3 is 2.43 bits per heavy atom. The van der Waals surface area contributed by atoms with E-state index in [9.17, 15) is 13.2 Å². The molecule has 1 heterocycles. The van der Waals surface area contributed by atoms with Gasteiger partial charge in [0.2, 0.25) is 10.0 Å². The van der Waals surface area contributed by atoms with Gasteiger partial charge in [-0.15, -0.1) is 0 Å². The van der Waals surface area contributed by atoms with Crippen LogP contribution in [-0.4, -0.2) is 38.8 Å². The van der Waals surface area contributed by atoms with Crippen molar-refractivity contribution in [3.8, 4) is 5.75 Å². The predicted octanol–water partition coefficient (Wildman–Crippen LogP) is 4.55. The van der Waals surface area contributed by atoms with Crippen LogP contribution in [0.5, 0.6) is 5.75 Å². The maximum Gasteiger partial charge on any atom is 0.259 e. The summed E-state index contributed by atoms with van der Waals surface area (Å²) in [7, 11) is -2.18. The smallest absolute Gasteiger partial charge is 0.259 e. The second kappa shape index (κ2) is 9.18. The maximum absolute atomic E-state index is 13.2. The molecule has 0 spiro atoms. The number of nitrogens with one attached hydrogen (secondary N) is 1. The summed E-state index contributed by atoms with van der Waals surface area (Å²) in [5.41, 5.74) is 2.93. The number of carbonyl (C=O) groups is 1. The molecular weight excluding hydrogens is 400 g/mol. The molecule has 0 atom stereocenters. The molecule has 0 aromatic heterocycles. The van der Waals surface area contributed by atoms with Crippen molar-refractivity contribution < 1.29 is 17.9 Å². The molecule has 0 aliphatic carbocycles. The van der Waals surface area contributed by atoms with E-state index in [1.165, 1.54) is 23.5 Å². The largest absolute Gasteiger partial charge is 0.496 e. The summed E-state index contributed by atoms with van der Waals surface area (Å²) in [5, 5.41) is 2.98. The third-order valence-electron chi connectivity index (χ3n) is 5.53. The maximum atomic E-state index is 13.2. The molecule has 0 saturated carbocycles. The number of anilines is 1. The molecule has 6 nitrogen and oxygen atoms in total. The zero-order valence-corrected chi connectivity index (χ0v) is 18.9. The van der Waals surface area contributed by atoms with Crippen LogP contribution in [0, 0.1) is 6.92 Å². The molecule has 30 heavy (non-hydrogen) atoms. The average molecular weight is 431 g/mol. The van der Waals surface area contributed by atoms with E-state index in [1.807, 2.05) is 25.1 Å². The van der Waals surface area contributed by atoms with Gasteiger partial charge in [-0.1, -0.05) is 38.5 Å². The molecule has 3 rings (SSSR count). The number of rotatable bonds is 6. The standard InChI is InChI=1S/C23H30N2O4S/c1-16(2)19-10-8-9-17(3)22(19)24-23(26)20-15-18(11-12-21(20)29-4)30(27,28)25-13-6-5-7-14-25/h8-12,15-16H,5-7,13-14H2,1-4H3,(H,24,26). The summed E-state index contributed by atoms with van der Waals surface area (Å²) in [6, 6.07) is 10.4. The topological polar surface area (TPSA) is 75.7 Å². The number of sulfonamides is 1. The molecular formula is C23H30N2O4S. The zero-order valence-electron chi connectivity index (χ0n) is 18.1. The van der Waals surface area contributed by atoms with Gasteiger partial charge in [-0.3, -0.25) is 4.79 Å². The number of amides is 1. The van der Waals surface area contributed by atoms with Crippen molar-refractivity contribution in [1.82, 2.24) is 4.31 Å². The minimum Gasteiger partial charge on any atom is -0.496 e. The summed E-state index contributed by atoms with van der Waals surface area (Å²) in [6.07, 6.45) is 2.75. The van der Waals surface area contributed by atoms with E-state index in [-0.39, 0.29) is 16.4 Å². The normalized spacial score (nSPS) is 15.2. The van der Waals surface area contributed by atoms with Gasteiger partial charge in [0.1, 0.15) is 5.75 Å². The van der Waals surface area contributed by atoms with E-state index in [2.05, 4.69) is 19.2 Å². The molecule has 2 aromatic carbocycles. The molecule has 0 unspecified atom stereocenters. The van der Waals surface area contributed by atoms with Gasteiger partial charge in [-0.05, 0) is 55.0 Å². The van der Waals surface area contributed by atoms with Gasteiger partial charge < -0.3 is 10.1 Å². The Morgan fingerprint density at radius 2 is 1.80 bits per heavy atom. The number of para-hydroxylation sites is 1. The van der Waals surface area contributed by atoms with Crippen molar-refractivity contribution in [2.75, 3.05) is 25.5 Å². The lowest BCUT2D eigenvalue weighted by atomic mass is 9.98. The molecule has 0 radical (unpaired) electrons. The number of hydrogen-bond donors (Lipinski definition) is 1. The van der Waals surface area contributed by atoms with Crippen molar-refractivity contribution in [3.05, 3.63) is 53.1 Å². The van der Waals surface area contributed by atoms with Crippen molar-refractivity contribution >= 4 is 21.6 Å². The average Bonchev–Trinajstić information content (AvgIpc) is 2.75. The fourth-order valence-corrected chi connectivity index (χ4v) is 5.35. The number of methoxy groups -OCH3 is 1. The summed E-state index contributed by atoms with van der Waals surface area (Å²) >= 11 is 0. The molecule has 1 N–H and O–H groups in total. The van der Waals surface area contributed by atoms with Crippen LogP contribution in [0.2, 0.25) is 0 Å². The Balaban J connectivity index is 1.98. The molecule has 1 aliphatic heterocycles. The highest BCUT2D eigenvalue weighted by atomic mass is 32.2. The van der Waals surface area contributed by atoms with E-state index in [4.69, 9.17) is 4.74 Å². The SMILES string of the molecule is COc1ccc(S(=O)(=O)N2CCCCC2)cc1C(=O)Nc1c(C)cccc1C(C)C. The van der Waals surface area contributed by atoms with Crippen molar-refractivity contribution in [3.63, 3.8) is 0 Å². The van der Waals surface area contributed by atoms with Crippen molar-refractivity contribution in [2.45, 2.75) is 50.8 Å². The van der Waals surface area contributed by atoms with Crippen LogP contribution >= 0.6 is 0 Å². The third kappa shape index (κ3) is 4.52. The van der Waals surface area contributed by atoms with Gasteiger partial charge in [-0.2, -0.15) is 4.31 Å². The van der Waals surface area contributed by atoms with E-state index in [0.717, 1.165) is 36.1 Å². The number of piperidine rings is 1. The van der Waals surface area contributed by atoms with Crippen LogP contribution in [0.25, 0.3) is 0 Å². The highest BCUT2D eigenvalue weighted by molar-refractivity contribution is 7.89. The molecule has 1 amide bonds. The number of benzene rings is 2. The lowest BCUT2D eigenvalue weighted by Crippen LogP contribution is -2.35. The van der Waals surface area contributed by atoms with Gasteiger partial charge in [0.15, 0.2) is 0 Å². The van der Waals surface area contributed by atoms with Crippen LogP contribution in [0.1, 0.15) is 60.5 Å². The quantitative estimate of drug-likeness (QED) is 0.729. The first-order valence-corrected chi connectivity index (χ1v) is 11.8. The Morgan fingerprint density at radius 1 is 1.10 bits per heavy atom. The summed E-state index contributed by atoms with van der Waals surface area (Å²) in [6.45, 7) is 7.09. The minimum absolute atomic E-state index is 0.115. The van der Waals surface area contributed by atoms with Gasteiger partial charge in [-0.25, -0.2) is 8.42 Å².